The van der Waals surface area contributed by atoms with Crippen molar-refractivity contribution in [2.75, 3.05) is 13.7 Å². The average Bonchev–Trinajstić information content (AvgIpc) is 2.47. The largest absolute Gasteiger partial charge is 0.489 e. The molecule has 0 aliphatic rings. The standard InChI is InChI=1S/C18H20BrNO/c1-14-11-17(19)12-16(13-20-2)18(14)21-10-6-9-15-7-4-3-5-8-15/h3-9,11-12,20H,10,13H2,1-2H3/b9-6+. The first kappa shape index (κ1) is 15.8. The van der Waals surface area contributed by atoms with Gasteiger partial charge in [0.25, 0.3) is 0 Å². The molecule has 0 fully saturated rings. The van der Waals surface area contributed by atoms with E-state index >= 15 is 0 Å². The summed E-state index contributed by atoms with van der Waals surface area (Å²) in [4.78, 5) is 0. The van der Waals surface area contributed by atoms with E-state index in [1.54, 1.807) is 0 Å². The molecule has 0 atom stereocenters. The highest BCUT2D eigenvalue weighted by Crippen LogP contribution is 2.28. The normalized spacial score (nSPS) is 11.0. The van der Waals surface area contributed by atoms with Crippen molar-refractivity contribution < 1.29 is 4.74 Å². The Kier molecular flexibility index (Phi) is 6.03. The summed E-state index contributed by atoms with van der Waals surface area (Å²) >= 11 is 3.53. The van der Waals surface area contributed by atoms with Crippen molar-refractivity contribution in [3.05, 3.63) is 69.7 Å². The summed E-state index contributed by atoms with van der Waals surface area (Å²) in [5.74, 6) is 0.963. The Morgan fingerprint density at radius 2 is 1.95 bits per heavy atom. The van der Waals surface area contributed by atoms with Crippen molar-refractivity contribution >= 4 is 22.0 Å². The molecule has 0 aliphatic heterocycles. The van der Waals surface area contributed by atoms with Crippen LogP contribution in [0, 0.1) is 6.92 Å². The molecule has 0 radical (unpaired) electrons. The van der Waals surface area contributed by atoms with E-state index < -0.39 is 0 Å². The highest BCUT2D eigenvalue weighted by molar-refractivity contribution is 9.10. The van der Waals surface area contributed by atoms with Gasteiger partial charge in [-0.25, -0.2) is 0 Å². The molecule has 0 heterocycles. The lowest BCUT2D eigenvalue weighted by Gasteiger charge is -2.13. The molecule has 0 spiro atoms. The topological polar surface area (TPSA) is 21.3 Å². The van der Waals surface area contributed by atoms with Gasteiger partial charge in [-0.15, -0.1) is 0 Å². The molecule has 1 N–H and O–H groups in total. The van der Waals surface area contributed by atoms with E-state index in [-0.39, 0.29) is 0 Å². The Labute approximate surface area is 135 Å². The maximum Gasteiger partial charge on any atom is 0.127 e. The first-order chi connectivity index (χ1) is 10.2. The van der Waals surface area contributed by atoms with Crippen LogP contribution in [0.25, 0.3) is 6.08 Å². The van der Waals surface area contributed by atoms with E-state index in [1.165, 1.54) is 5.56 Å². The summed E-state index contributed by atoms with van der Waals surface area (Å²) in [6, 6.07) is 14.4. The van der Waals surface area contributed by atoms with Crippen LogP contribution in [-0.2, 0) is 6.54 Å². The number of ether oxygens (including phenoxy) is 1. The molecule has 0 amide bonds. The van der Waals surface area contributed by atoms with Gasteiger partial charge in [-0.3, -0.25) is 0 Å². The monoisotopic (exact) mass is 345 g/mol. The second-order valence-electron chi connectivity index (χ2n) is 4.87. The second-order valence-corrected chi connectivity index (χ2v) is 5.78. The van der Waals surface area contributed by atoms with Crippen molar-refractivity contribution in [3.8, 4) is 5.75 Å². The molecule has 110 valence electrons. The highest BCUT2D eigenvalue weighted by atomic mass is 79.9. The number of benzene rings is 2. The minimum absolute atomic E-state index is 0.564. The van der Waals surface area contributed by atoms with E-state index in [1.807, 2.05) is 31.3 Å². The van der Waals surface area contributed by atoms with Crippen LogP contribution >= 0.6 is 15.9 Å². The molecule has 0 saturated heterocycles. The minimum atomic E-state index is 0.564. The van der Waals surface area contributed by atoms with E-state index in [0.717, 1.165) is 27.9 Å². The lowest BCUT2D eigenvalue weighted by molar-refractivity contribution is 0.356. The molecule has 2 rings (SSSR count). The number of hydrogen-bond acceptors (Lipinski definition) is 2. The van der Waals surface area contributed by atoms with Crippen LogP contribution in [0.4, 0.5) is 0 Å². The molecular formula is C18H20BrNO. The van der Waals surface area contributed by atoms with Crippen LogP contribution < -0.4 is 10.1 Å². The summed E-state index contributed by atoms with van der Waals surface area (Å²) in [6.07, 6.45) is 4.12. The Morgan fingerprint density at radius 3 is 2.67 bits per heavy atom. The highest BCUT2D eigenvalue weighted by Gasteiger charge is 2.07. The van der Waals surface area contributed by atoms with Gasteiger partial charge in [0.1, 0.15) is 12.4 Å². The molecule has 3 heteroatoms. The van der Waals surface area contributed by atoms with Gasteiger partial charge in [0.15, 0.2) is 0 Å². The average molecular weight is 346 g/mol. The van der Waals surface area contributed by atoms with Crippen LogP contribution in [0.2, 0.25) is 0 Å². The van der Waals surface area contributed by atoms with E-state index in [9.17, 15) is 0 Å². The molecule has 2 nitrogen and oxygen atoms in total. The lowest BCUT2D eigenvalue weighted by Crippen LogP contribution is -2.08. The summed E-state index contributed by atoms with van der Waals surface area (Å²) in [5, 5.41) is 3.18. The molecule has 0 aliphatic carbocycles. The van der Waals surface area contributed by atoms with Gasteiger partial charge in [-0.1, -0.05) is 52.3 Å². The van der Waals surface area contributed by atoms with Gasteiger partial charge in [0.05, 0.1) is 0 Å². The fraction of sp³-hybridized carbons (Fsp3) is 0.222. The Balaban J connectivity index is 2.04. The summed E-state index contributed by atoms with van der Waals surface area (Å²) in [7, 11) is 1.94. The SMILES string of the molecule is CNCc1cc(Br)cc(C)c1OC/C=C/c1ccccc1. The zero-order chi connectivity index (χ0) is 15.1. The van der Waals surface area contributed by atoms with E-state index in [4.69, 9.17) is 4.74 Å². The fourth-order valence-electron chi connectivity index (χ4n) is 2.21. The van der Waals surface area contributed by atoms with Gasteiger partial charge in [-0.05, 0) is 43.3 Å². The Bertz CT molecular complexity index is 608. The van der Waals surface area contributed by atoms with Crippen molar-refractivity contribution in [3.63, 3.8) is 0 Å². The van der Waals surface area contributed by atoms with Gasteiger partial charge in [0, 0.05) is 16.6 Å². The molecular weight excluding hydrogens is 326 g/mol. The number of hydrogen-bond donors (Lipinski definition) is 1. The Hall–Kier alpha value is -1.58. The molecule has 0 saturated carbocycles. The van der Waals surface area contributed by atoms with Gasteiger partial charge in [-0.2, -0.15) is 0 Å². The molecule has 2 aromatic rings. The third-order valence-corrected chi connectivity index (χ3v) is 3.58. The summed E-state index contributed by atoms with van der Waals surface area (Å²) < 4.78 is 7.03. The van der Waals surface area contributed by atoms with Crippen molar-refractivity contribution in [2.24, 2.45) is 0 Å². The van der Waals surface area contributed by atoms with Crippen LogP contribution in [0.5, 0.6) is 5.75 Å². The summed E-state index contributed by atoms with van der Waals surface area (Å²) in [5.41, 5.74) is 3.49. The zero-order valence-corrected chi connectivity index (χ0v) is 14.0. The molecule has 2 aromatic carbocycles. The van der Waals surface area contributed by atoms with E-state index in [0.29, 0.717) is 6.61 Å². The maximum absolute atomic E-state index is 5.95. The fourth-order valence-corrected chi connectivity index (χ4v) is 2.83. The van der Waals surface area contributed by atoms with Gasteiger partial charge >= 0.3 is 0 Å². The predicted octanol–water partition coefficient (Wildman–Crippen LogP) is 4.57. The first-order valence-electron chi connectivity index (χ1n) is 6.98. The van der Waals surface area contributed by atoms with E-state index in [2.05, 4.69) is 58.5 Å². The molecule has 0 aromatic heterocycles. The van der Waals surface area contributed by atoms with Crippen LogP contribution in [0.3, 0.4) is 0 Å². The number of aryl methyl sites for hydroxylation is 1. The van der Waals surface area contributed by atoms with Crippen molar-refractivity contribution in [1.82, 2.24) is 5.32 Å². The first-order valence-corrected chi connectivity index (χ1v) is 7.78. The third kappa shape index (κ3) is 4.73. The number of rotatable bonds is 6. The third-order valence-electron chi connectivity index (χ3n) is 3.12. The smallest absolute Gasteiger partial charge is 0.127 e. The number of halogens is 1. The maximum atomic E-state index is 5.95. The van der Waals surface area contributed by atoms with Crippen LogP contribution in [0.15, 0.2) is 53.0 Å². The van der Waals surface area contributed by atoms with Crippen LogP contribution in [-0.4, -0.2) is 13.7 Å². The quantitative estimate of drug-likeness (QED) is 0.827. The minimum Gasteiger partial charge on any atom is -0.489 e. The molecule has 0 unspecified atom stereocenters. The predicted molar refractivity (Wildman–Crippen MR) is 92.6 cm³/mol. The molecule has 0 bridgehead atoms. The van der Waals surface area contributed by atoms with Gasteiger partial charge < -0.3 is 10.1 Å². The van der Waals surface area contributed by atoms with Crippen molar-refractivity contribution in [1.29, 1.82) is 0 Å². The summed E-state index contributed by atoms with van der Waals surface area (Å²) in [6.45, 7) is 3.42. The van der Waals surface area contributed by atoms with Gasteiger partial charge in [0.2, 0.25) is 0 Å². The van der Waals surface area contributed by atoms with Crippen molar-refractivity contribution in [2.45, 2.75) is 13.5 Å². The van der Waals surface area contributed by atoms with Crippen LogP contribution in [0.1, 0.15) is 16.7 Å². The molecule has 21 heavy (non-hydrogen) atoms. The second kappa shape index (κ2) is 8.01. The number of nitrogens with one attached hydrogen (secondary N) is 1. The lowest BCUT2D eigenvalue weighted by atomic mass is 10.1. The zero-order valence-electron chi connectivity index (χ0n) is 12.4. The Morgan fingerprint density at radius 1 is 1.19 bits per heavy atom.